The molecule has 7 aromatic carbocycles. The lowest BCUT2D eigenvalue weighted by atomic mass is 9.85. The molecule has 0 unspecified atom stereocenters. The van der Waals surface area contributed by atoms with E-state index in [0.29, 0.717) is 0 Å². The zero-order valence-electron chi connectivity index (χ0n) is 30.4. The predicted molar refractivity (Wildman–Crippen MR) is 232 cm³/mol. The van der Waals surface area contributed by atoms with Crippen molar-refractivity contribution in [1.82, 2.24) is 18.8 Å². The van der Waals surface area contributed by atoms with Crippen molar-refractivity contribution in [3.05, 3.63) is 207 Å². The smallest absolute Gasteiger partial charge is 0.137 e. The summed E-state index contributed by atoms with van der Waals surface area (Å²) in [6, 6.07) is 69.0. The van der Waals surface area contributed by atoms with Crippen molar-refractivity contribution in [1.29, 1.82) is 0 Å². The minimum Gasteiger partial charge on any atom is -0.299 e. The molecule has 0 aliphatic heterocycles. The van der Waals surface area contributed by atoms with Gasteiger partial charge in [-0.15, -0.1) is 0 Å². The number of hydrogen-bond acceptors (Lipinski definition) is 2. The topological polar surface area (TPSA) is 34.6 Å². The van der Waals surface area contributed by atoms with Gasteiger partial charge >= 0.3 is 0 Å². The summed E-state index contributed by atoms with van der Waals surface area (Å²) in [7, 11) is 0. The Hall–Kier alpha value is -7.56. The van der Waals surface area contributed by atoms with Gasteiger partial charge in [-0.3, -0.25) is 8.80 Å². The molecule has 0 aliphatic rings. The van der Waals surface area contributed by atoms with Gasteiger partial charge in [0, 0.05) is 23.5 Å². The SMILES string of the molecule is c1ccc(-c2cccc3nc(-c4ccc(-c5c6ccccc6c(-c6ccc(-c7cn8c(-c9ccccc9)cccc8n7)cc6)c6ccccc56)cc4)cn23)cc1. The van der Waals surface area contributed by atoms with E-state index in [1.165, 1.54) is 54.9 Å². The number of nitrogens with zero attached hydrogens (tertiary/aromatic N) is 4. The molecule has 56 heavy (non-hydrogen) atoms. The standard InChI is InChI=1S/C52H34N4/c1-3-13-37(14-4-1)47-21-11-23-49-53-45(33-55(47)49)35-25-29-39(30-26-35)51-41-17-7-9-19-43(41)52(44-20-10-8-18-42(44)51)40-31-27-36(28-32-40)46-34-56-48(22-12-24-50(56)54-46)38-15-5-2-6-16-38/h1-34H. The lowest BCUT2D eigenvalue weighted by Gasteiger charge is -2.18. The molecule has 0 amide bonds. The van der Waals surface area contributed by atoms with Crippen LogP contribution in [0.5, 0.6) is 0 Å². The second-order valence-electron chi connectivity index (χ2n) is 14.3. The highest BCUT2D eigenvalue weighted by molar-refractivity contribution is 6.21. The predicted octanol–water partition coefficient (Wildman–Crippen LogP) is 13.3. The summed E-state index contributed by atoms with van der Waals surface area (Å²) in [5, 5.41) is 4.92. The van der Waals surface area contributed by atoms with Crippen LogP contribution >= 0.6 is 0 Å². The number of hydrogen-bond donors (Lipinski definition) is 0. The van der Waals surface area contributed by atoms with E-state index in [4.69, 9.17) is 9.97 Å². The summed E-state index contributed by atoms with van der Waals surface area (Å²) < 4.78 is 4.37. The zero-order valence-corrected chi connectivity index (χ0v) is 30.4. The maximum Gasteiger partial charge on any atom is 0.137 e. The fraction of sp³-hybridized carbons (Fsp3) is 0. The average Bonchev–Trinajstić information content (AvgIpc) is 3.92. The van der Waals surface area contributed by atoms with Gasteiger partial charge in [0.1, 0.15) is 11.3 Å². The molecule has 0 aliphatic carbocycles. The Morgan fingerprint density at radius 3 is 0.982 bits per heavy atom. The molecule has 4 nitrogen and oxygen atoms in total. The Kier molecular flexibility index (Phi) is 7.46. The van der Waals surface area contributed by atoms with Crippen LogP contribution in [0.25, 0.3) is 100 Å². The Morgan fingerprint density at radius 2 is 0.607 bits per heavy atom. The first kappa shape index (κ1) is 31.9. The molecule has 0 spiro atoms. The minimum atomic E-state index is 0.932. The van der Waals surface area contributed by atoms with Gasteiger partial charge in [0.05, 0.1) is 22.8 Å². The highest BCUT2D eigenvalue weighted by Crippen LogP contribution is 2.44. The maximum atomic E-state index is 5.03. The van der Waals surface area contributed by atoms with E-state index in [0.717, 1.165) is 45.2 Å². The van der Waals surface area contributed by atoms with E-state index in [1.54, 1.807) is 0 Å². The van der Waals surface area contributed by atoms with Gasteiger partial charge < -0.3 is 0 Å². The molecule has 0 saturated heterocycles. The number of benzene rings is 7. The highest BCUT2D eigenvalue weighted by atomic mass is 15.0. The van der Waals surface area contributed by atoms with Crippen LogP contribution < -0.4 is 0 Å². The largest absolute Gasteiger partial charge is 0.299 e. The van der Waals surface area contributed by atoms with Gasteiger partial charge in [-0.1, -0.05) is 170 Å². The summed E-state index contributed by atoms with van der Waals surface area (Å²) in [4.78, 5) is 10.1. The third kappa shape index (κ3) is 5.31. The van der Waals surface area contributed by atoms with E-state index in [9.17, 15) is 0 Å². The Morgan fingerprint density at radius 1 is 0.268 bits per heavy atom. The van der Waals surface area contributed by atoms with Crippen molar-refractivity contribution in [2.45, 2.75) is 0 Å². The normalized spacial score (nSPS) is 11.6. The molecule has 0 bridgehead atoms. The quantitative estimate of drug-likeness (QED) is 0.161. The minimum absolute atomic E-state index is 0.932. The Bertz CT molecular complexity index is 2940. The van der Waals surface area contributed by atoms with Crippen LogP contribution in [0.15, 0.2) is 207 Å². The van der Waals surface area contributed by atoms with Crippen LogP contribution in [0.1, 0.15) is 0 Å². The third-order valence-electron chi connectivity index (χ3n) is 11.0. The maximum absolute atomic E-state index is 5.03. The van der Waals surface area contributed by atoms with Crippen LogP contribution in [0, 0.1) is 0 Å². The van der Waals surface area contributed by atoms with Gasteiger partial charge in [-0.25, -0.2) is 9.97 Å². The Labute approximate surface area is 324 Å². The van der Waals surface area contributed by atoms with Crippen molar-refractivity contribution >= 4 is 32.8 Å². The molecule has 0 saturated carbocycles. The van der Waals surface area contributed by atoms with Gasteiger partial charge in [-0.2, -0.15) is 0 Å². The van der Waals surface area contributed by atoms with Crippen molar-refractivity contribution < 1.29 is 0 Å². The van der Waals surface area contributed by atoms with Crippen LogP contribution in [0.3, 0.4) is 0 Å². The second-order valence-corrected chi connectivity index (χ2v) is 14.3. The number of pyridine rings is 2. The van der Waals surface area contributed by atoms with E-state index in [1.807, 2.05) is 12.1 Å². The molecule has 0 atom stereocenters. The molecular weight excluding hydrogens is 681 g/mol. The van der Waals surface area contributed by atoms with Crippen LogP contribution in [-0.4, -0.2) is 18.8 Å². The van der Waals surface area contributed by atoms with Crippen molar-refractivity contribution in [3.63, 3.8) is 0 Å². The van der Waals surface area contributed by atoms with E-state index in [2.05, 4.69) is 203 Å². The zero-order chi connectivity index (χ0) is 37.0. The van der Waals surface area contributed by atoms with Crippen LogP contribution in [0.2, 0.25) is 0 Å². The molecule has 4 aromatic heterocycles. The fourth-order valence-electron chi connectivity index (χ4n) is 8.35. The summed E-state index contributed by atoms with van der Waals surface area (Å²) in [6.07, 6.45) is 4.29. The monoisotopic (exact) mass is 714 g/mol. The van der Waals surface area contributed by atoms with Crippen molar-refractivity contribution in [3.8, 4) is 67.3 Å². The second kappa shape index (κ2) is 13.1. The fourth-order valence-corrected chi connectivity index (χ4v) is 8.35. The van der Waals surface area contributed by atoms with Crippen LogP contribution in [0.4, 0.5) is 0 Å². The highest BCUT2D eigenvalue weighted by Gasteiger charge is 2.18. The lowest BCUT2D eigenvalue weighted by Crippen LogP contribution is -1.91. The molecule has 4 heterocycles. The summed E-state index contributed by atoms with van der Waals surface area (Å²) >= 11 is 0. The molecular formula is C52H34N4. The van der Waals surface area contributed by atoms with E-state index >= 15 is 0 Å². The first-order chi connectivity index (χ1) is 27.8. The first-order valence-electron chi connectivity index (χ1n) is 19.0. The van der Waals surface area contributed by atoms with Gasteiger partial charge in [0.25, 0.3) is 0 Å². The van der Waals surface area contributed by atoms with Gasteiger partial charge in [0.2, 0.25) is 0 Å². The molecule has 0 radical (unpaired) electrons. The summed E-state index contributed by atoms with van der Waals surface area (Å²) in [5.41, 5.74) is 15.4. The average molecular weight is 715 g/mol. The summed E-state index contributed by atoms with van der Waals surface area (Å²) in [6.45, 7) is 0. The molecule has 11 aromatic rings. The van der Waals surface area contributed by atoms with E-state index < -0.39 is 0 Å². The molecule has 262 valence electrons. The molecule has 0 N–H and O–H groups in total. The molecule has 4 heteroatoms. The Balaban J connectivity index is 0.983. The molecule has 0 fully saturated rings. The lowest BCUT2D eigenvalue weighted by molar-refractivity contribution is 1.19. The van der Waals surface area contributed by atoms with Crippen molar-refractivity contribution in [2.24, 2.45) is 0 Å². The number of imidazole rings is 2. The van der Waals surface area contributed by atoms with Gasteiger partial charge in [-0.05, 0) is 79.2 Å². The molecule has 11 rings (SSSR count). The number of fused-ring (bicyclic) bond motifs is 4. The first-order valence-corrected chi connectivity index (χ1v) is 19.0. The van der Waals surface area contributed by atoms with Crippen molar-refractivity contribution in [2.75, 3.05) is 0 Å². The third-order valence-corrected chi connectivity index (χ3v) is 11.0. The summed E-state index contributed by atoms with van der Waals surface area (Å²) in [5.74, 6) is 0. The van der Waals surface area contributed by atoms with Crippen LogP contribution in [-0.2, 0) is 0 Å². The number of rotatable bonds is 6. The number of aromatic nitrogens is 4. The van der Waals surface area contributed by atoms with Gasteiger partial charge in [0.15, 0.2) is 0 Å². The van der Waals surface area contributed by atoms with E-state index in [-0.39, 0.29) is 0 Å².